The van der Waals surface area contributed by atoms with E-state index in [4.69, 9.17) is 7.58 Å². The van der Waals surface area contributed by atoms with Crippen LogP contribution in [0.2, 0.25) is 0 Å². The predicted molar refractivity (Wildman–Crippen MR) is 129 cm³/mol. The minimum absolute atomic E-state index is 0. The second-order valence-corrected chi connectivity index (χ2v) is 8.59. The second-order valence-electron chi connectivity index (χ2n) is 7.92. The molecule has 0 amide bonds. The third-order valence-electron chi connectivity index (χ3n) is 6.35. The molecule has 0 spiro atoms. The normalized spacial score (nSPS) is 12.2. The third-order valence-corrected chi connectivity index (χ3v) is 7.02. The van der Waals surface area contributed by atoms with Crippen LogP contribution < -0.4 is 7.58 Å². The largest absolute Gasteiger partial charge is 0.881 e. The number of rotatable bonds is 0. The summed E-state index contributed by atoms with van der Waals surface area (Å²) in [5, 5.41) is 9.57. The van der Waals surface area contributed by atoms with E-state index >= 15 is 0 Å². The van der Waals surface area contributed by atoms with Crippen LogP contribution in [0.4, 0.5) is 0 Å². The molecule has 0 saturated heterocycles. The van der Waals surface area contributed by atoms with Crippen molar-refractivity contribution in [2.75, 3.05) is 0 Å². The zero-order valence-corrected chi connectivity index (χ0v) is 21.1. The zero-order chi connectivity index (χ0) is 20.4. The Morgan fingerprint density at radius 1 is 0.375 bits per heavy atom. The van der Waals surface area contributed by atoms with Crippen LogP contribution in [0, 0.1) is 0 Å². The van der Waals surface area contributed by atoms with Crippen molar-refractivity contribution in [1.82, 2.24) is 0 Å². The average molecular weight is 595 g/mol. The van der Waals surface area contributed by atoms with Crippen LogP contribution in [0.5, 0.6) is 11.5 Å². The van der Waals surface area contributed by atoms with Crippen molar-refractivity contribution in [3.8, 4) is 22.6 Å². The molecule has 1 heterocycles. The quantitative estimate of drug-likeness (QED) is 0.136. The first-order valence-corrected chi connectivity index (χ1v) is 11.4. The molecule has 2 nitrogen and oxygen atoms in total. The Hall–Kier alpha value is -2.82. The molecule has 0 saturated carbocycles. The van der Waals surface area contributed by atoms with Gasteiger partial charge in [-0.25, -0.2) is 0 Å². The molecule has 6 aromatic rings. The monoisotopic (exact) mass is 595 g/mol. The Kier molecular flexibility index (Phi) is 4.74. The standard InChI is InChI=1S/C28H18O2.Al.W/c29-27-23-15-7-3-11-19(23)17-9-1-5-13-21(17)25(27)26-22-14-6-2-10-18(22)20-12-4-8-16-24(20)28(26)30;;/h1-16,29-30H;;/q;+2;/p-2. The van der Waals surface area contributed by atoms with E-state index in [0.717, 1.165) is 33.4 Å². The average Bonchev–Trinajstić information content (AvgIpc) is 3.05. The Morgan fingerprint density at radius 3 is 1.03 bits per heavy atom. The zero-order valence-electron chi connectivity index (χ0n) is 17.0. The van der Waals surface area contributed by atoms with Crippen LogP contribution >= 0.6 is 0 Å². The first-order valence-electron chi connectivity index (χ1n) is 10.4. The fraction of sp³-hybridized carbons (Fsp3) is 0. The number of fused-ring (bicyclic) bond motifs is 13. The molecule has 6 aromatic carbocycles. The Balaban J connectivity index is 0.00000196. The Labute approximate surface area is 206 Å². The van der Waals surface area contributed by atoms with Crippen molar-refractivity contribution in [2.24, 2.45) is 0 Å². The molecule has 0 aliphatic carbocycles. The maximum Gasteiger partial charge on any atom is 0.881 e. The van der Waals surface area contributed by atoms with Crippen LogP contribution in [0.25, 0.3) is 54.2 Å². The number of benzene rings is 6. The van der Waals surface area contributed by atoms with Gasteiger partial charge in [0.25, 0.3) is 0 Å². The fourth-order valence-electron chi connectivity index (χ4n) is 5.08. The van der Waals surface area contributed by atoms with E-state index in [-0.39, 0.29) is 21.1 Å². The molecule has 149 valence electrons. The van der Waals surface area contributed by atoms with Crippen molar-refractivity contribution in [3.63, 3.8) is 0 Å². The van der Waals surface area contributed by atoms with E-state index in [1.54, 1.807) is 0 Å². The van der Waals surface area contributed by atoms with Gasteiger partial charge < -0.3 is 7.58 Å². The van der Waals surface area contributed by atoms with Crippen LogP contribution in [0.3, 0.4) is 0 Å². The molecule has 4 heteroatoms. The molecule has 0 N–H and O–H groups in total. The van der Waals surface area contributed by atoms with Gasteiger partial charge in [0.1, 0.15) is 0 Å². The van der Waals surface area contributed by atoms with Gasteiger partial charge in [0, 0.05) is 43.0 Å². The molecule has 0 fully saturated rings. The molecule has 1 aliphatic heterocycles. The van der Waals surface area contributed by atoms with Crippen LogP contribution in [-0.2, 0) is 21.1 Å². The summed E-state index contributed by atoms with van der Waals surface area (Å²) < 4.78 is 12.8. The molecular weight excluding hydrogens is 579 g/mol. The van der Waals surface area contributed by atoms with Gasteiger partial charge in [0.05, 0.1) is 11.5 Å². The first kappa shape index (κ1) is 19.8. The van der Waals surface area contributed by atoms with Crippen LogP contribution in [0.15, 0.2) is 97.1 Å². The predicted octanol–water partition coefficient (Wildman–Crippen LogP) is 7.27. The van der Waals surface area contributed by atoms with Gasteiger partial charge >= 0.3 is 15.9 Å². The first-order chi connectivity index (χ1) is 15.4. The van der Waals surface area contributed by atoms with Gasteiger partial charge in [0.2, 0.25) is 0 Å². The van der Waals surface area contributed by atoms with Crippen LogP contribution in [-0.4, -0.2) is 15.9 Å². The van der Waals surface area contributed by atoms with E-state index in [9.17, 15) is 0 Å². The van der Waals surface area contributed by atoms with Gasteiger partial charge in [-0.1, -0.05) is 97.1 Å². The topological polar surface area (TPSA) is 18.5 Å². The van der Waals surface area contributed by atoms with Gasteiger partial charge in [0.15, 0.2) is 0 Å². The van der Waals surface area contributed by atoms with Gasteiger partial charge in [-0.3, -0.25) is 0 Å². The van der Waals surface area contributed by atoms with Gasteiger partial charge in [-0.2, -0.15) is 0 Å². The Morgan fingerprint density at radius 2 is 0.656 bits per heavy atom. The van der Waals surface area contributed by atoms with E-state index < -0.39 is 15.9 Å². The van der Waals surface area contributed by atoms with E-state index in [1.807, 2.05) is 0 Å². The molecule has 0 aromatic heterocycles. The van der Waals surface area contributed by atoms with Crippen molar-refractivity contribution in [1.29, 1.82) is 0 Å². The number of hydrogen-bond acceptors (Lipinski definition) is 2. The molecule has 32 heavy (non-hydrogen) atoms. The molecule has 1 aliphatic rings. The SMILES string of the molecule is [W].c1ccc2c(c1)c1c(c3ccccc32)-c2c(c3ccccc3c3ccccc23)[O][Al][O]1. The summed E-state index contributed by atoms with van der Waals surface area (Å²) in [5.41, 5.74) is 2.27. The summed E-state index contributed by atoms with van der Waals surface area (Å²) in [4.78, 5) is 0. The van der Waals surface area contributed by atoms with Gasteiger partial charge in [-0.15, -0.1) is 0 Å². The summed E-state index contributed by atoms with van der Waals surface area (Å²) in [6.45, 7) is 0. The van der Waals surface area contributed by atoms with E-state index in [2.05, 4.69) is 97.1 Å². The molecule has 0 bridgehead atoms. The minimum Gasteiger partial charge on any atom is -0.615 e. The molecule has 0 unspecified atom stereocenters. The van der Waals surface area contributed by atoms with Crippen molar-refractivity contribution >= 4 is 59.0 Å². The smallest absolute Gasteiger partial charge is 0.615 e. The fourth-order valence-corrected chi connectivity index (χ4v) is 5.81. The summed E-state index contributed by atoms with van der Waals surface area (Å²) in [5.74, 6) is 1.87. The van der Waals surface area contributed by atoms with E-state index in [1.165, 1.54) is 32.3 Å². The van der Waals surface area contributed by atoms with Crippen molar-refractivity contribution in [2.45, 2.75) is 0 Å². The molecule has 1 radical (unpaired) electrons. The molecule has 7 rings (SSSR count). The summed E-state index contributed by atoms with van der Waals surface area (Å²) >= 11 is -0.678. The van der Waals surface area contributed by atoms with Gasteiger partial charge in [-0.05, 0) is 32.3 Å². The summed E-state index contributed by atoms with van der Waals surface area (Å²) in [6.07, 6.45) is 0. The Bertz CT molecular complexity index is 1550. The molecule has 0 atom stereocenters. The van der Waals surface area contributed by atoms with Crippen molar-refractivity contribution < 1.29 is 28.6 Å². The van der Waals surface area contributed by atoms with Crippen LogP contribution in [0.1, 0.15) is 0 Å². The minimum atomic E-state index is -0.678. The van der Waals surface area contributed by atoms with Crippen molar-refractivity contribution in [3.05, 3.63) is 97.1 Å². The maximum absolute atomic E-state index is 6.41. The summed E-state index contributed by atoms with van der Waals surface area (Å²) in [6, 6.07) is 34.3. The van der Waals surface area contributed by atoms with E-state index in [0.29, 0.717) is 0 Å². The summed E-state index contributed by atoms with van der Waals surface area (Å²) in [7, 11) is 0. The third kappa shape index (κ3) is 2.69. The number of hydrogen-bond donors (Lipinski definition) is 0. The second kappa shape index (κ2) is 7.65. The maximum atomic E-state index is 6.41. The molecular formula is C28H16AlO2W.